The zero-order valence-corrected chi connectivity index (χ0v) is 18.0. The maximum Gasteiger partial charge on any atom is 0.673 e. The third kappa shape index (κ3) is 6.74. The van der Waals surface area contributed by atoms with Gasteiger partial charge in [-0.25, -0.2) is 4.58 Å². The van der Waals surface area contributed by atoms with Crippen molar-refractivity contribution in [2.45, 2.75) is 20.8 Å². The number of methoxy groups -OCH3 is 1. The molecule has 0 saturated carbocycles. The summed E-state index contributed by atoms with van der Waals surface area (Å²) >= 11 is 0. The van der Waals surface area contributed by atoms with Crippen LogP contribution in [0.15, 0.2) is 59.2 Å². The van der Waals surface area contributed by atoms with Crippen LogP contribution in [0, 0.1) is 6.92 Å². The van der Waals surface area contributed by atoms with Gasteiger partial charge in [0.05, 0.1) is 19.4 Å². The summed E-state index contributed by atoms with van der Waals surface area (Å²) in [5.74, 6) is 1.70. The van der Waals surface area contributed by atoms with Crippen molar-refractivity contribution in [2.75, 3.05) is 20.2 Å². The fraction of sp³-hybridized carbons (Fsp3) is 0.261. The van der Waals surface area contributed by atoms with Gasteiger partial charge in [0.1, 0.15) is 24.6 Å². The van der Waals surface area contributed by atoms with Crippen molar-refractivity contribution in [1.29, 1.82) is 0 Å². The van der Waals surface area contributed by atoms with Crippen molar-refractivity contribution < 1.29 is 26.4 Å². The topological polar surface area (TPSA) is 25.4 Å². The molecule has 0 atom stereocenters. The summed E-state index contributed by atoms with van der Waals surface area (Å²) < 4.78 is 52.7. The predicted molar refractivity (Wildman–Crippen MR) is 118 cm³/mol. The van der Waals surface area contributed by atoms with Crippen LogP contribution < -0.4 is 9.93 Å². The summed E-state index contributed by atoms with van der Waals surface area (Å²) in [6.45, 7) is 8.37. The number of hydrogen-bond donors (Lipinski definition) is 0. The molecule has 1 aliphatic heterocycles. The molecule has 0 unspecified atom stereocenters. The van der Waals surface area contributed by atoms with E-state index >= 15 is 0 Å². The first-order chi connectivity index (χ1) is 14.7. The maximum atomic E-state index is 9.75. The molecule has 0 bridgehead atoms. The first-order valence-corrected chi connectivity index (χ1v) is 9.97. The number of fused-ring (bicyclic) bond motifs is 1. The third-order valence-electron chi connectivity index (χ3n) is 4.75. The Balaban J connectivity index is 0.000000614. The van der Waals surface area contributed by atoms with Gasteiger partial charge in [0.2, 0.25) is 5.36 Å². The molecule has 1 aliphatic carbocycles. The van der Waals surface area contributed by atoms with Crippen LogP contribution in [-0.4, -0.2) is 27.5 Å². The van der Waals surface area contributed by atoms with Crippen LogP contribution >= 0.6 is 0 Å². The van der Waals surface area contributed by atoms with Crippen molar-refractivity contribution >= 4 is 13.3 Å². The molecule has 2 aliphatic rings. The summed E-state index contributed by atoms with van der Waals surface area (Å²) in [5.41, 5.74) is 4.62. The van der Waals surface area contributed by atoms with E-state index in [1.165, 1.54) is 16.5 Å². The second kappa shape index (κ2) is 10.8. The Kier molecular flexibility index (Phi) is 8.48. The normalized spacial score (nSPS) is 11.4. The molecule has 0 fully saturated rings. The van der Waals surface area contributed by atoms with Crippen molar-refractivity contribution in [1.82, 2.24) is 4.58 Å². The molecular formula is C23H26BF4NO2. The van der Waals surface area contributed by atoms with Crippen LogP contribution in [0.5, 0.6) is 0 Å². The highest BCUT2D eigenvalue weighted by Crippen LogP contribution is 2.38. The van der Waals surface area contributed by atoms with Crippen LogP contribution in [0.1, 0.15) is 25.2 Å². The highest BCUT2D eigenvalue weighted by Gasteiger charge is 2.21. The monoisotopic (exact) mass is 435 g/mol. The number of halogens is 4. The van der Waals surface area contributed by atoms with Gasteiger partial charge in [0.15, 0.2) is 0 Å². The van der Waals surface area contributed by atoms with Gasteiger partial charge < -0.3 is 26.4 Å². The van der Waals surface area contributed by atoms with E-state index in [4.69, 9.17) is 9.15 Å². The van der Waals surface area contributed by atoms with Gasteiger partial charge in [0.25, 0.3) is 0 Å². The molecule has 0 amide bonds. The zero-order chi connectivity index (χ0) is 23.0. The summed E-state index contributed by atoms with van der Waals surface area (Å²) in [7, 11) is -4.36. The van der Waals surface area contributed by atoms with Crippen molar-refractivity contribution in [3.63, 3.8) is 0 Å². The molecule has 31 heavy (non-hydrogen) atoms. The molecule has 3 rings (SSSR count). The number of rotatable bonds is 5. The number of nitrogens with zero attached hydrogens (tertiary/aromatic N) is 1. The van der Waals surface area contributed by atoms with Crippen LogP contribution in [-0.2, 0) is 4.74 Å². The van der Waals surface area contributed by atoms with Crippen molar-refractivity contribution in [2.24, 2.45) is 0 Å². The Hall–Kier alpha value is -3.03. The molecule has 1 aromatic carbocycles. The van der Waals surface area contributed by atoms with Gasteiger partial charge >= 0.3 is 7.25 Å². The van der Waals surface area contributed by atoms with Crippen LogP contribution in [0.4, 0.5) is 17.3 Å². The van der Waals surface area contributed by atoms with Crippen LogP contribution in [0.25, 0.3) is 28.5 Å². The number of benzene rings is 2. The predicted octanol–water partition coefficient (Wildman–Crippen LogP) is 6.09. The number of ether oxygens (including phenoxy) is 1. The Labute approximate surface area is 179 Å². The minimum atomic E-state index is -6.00. The smallest absolute Gasteiger partial charge is 0.504 e. The Morgan fingerprint density at radius 1 is 1.00 bits per heavy atom. The summed E-state index contributed by atoms with van der Waals surface area (Å²) in [6.07, 6.45) is 3.53. The molecule has 1 heterocycles. The quantitative estimate of drug-likeness (QED) is 0.210. The second-order valence-corrected chi connectivity index (χ2v) is 6.72. The maximum absolute atomic E-state index is 9.75. The van der Waals surface area contributed by atoms with Gasteiger partial charge in [-0.2, -0.15) is 0 Å². The molecule has 0 radical (unpaired) electrons. The average molecular weight is 435 g/mol. The number of hydrogen-bond acceptors (Lipinski definition) is 2. The lowest BCUT2D eigenvalue weighted by Gasteiger charge is -2.16. The molecule has 0 spiro atoms. The molecule has 1 aromatic rings. The zero-order valence-electron chi connectivity index (χ0n) is 18.0. The van der Waals surface area contributed by atoms with E-state index in [0.29, 0.717) is 0 Å². The molecule has 8 heteroatoms. The molecule has 0 N–H and O–H groups in total. The van der Waals surface area contributed by atoms with Crippen LogP contribution in [0.3, 0.4) is 0 Å². The Morgan fingerprint density at radius 2 is 1.61 bits per heavy atom. The van der Waals surface area contributed by atoms with Gasteiger partial charge in [0, 0.05) is 23.3 Å². The van der Waals surface area contributed by atoms with Crippen LogP contribution in [0.2, 0.25) is 0 Å². The third-order valence-corrected chi connectivity index (χ3v) is 4.75. The van der Waals surface area contributed by atoms with Gasteiger partial charge in [-0.05, 0) is 38.0 Å². The lowest BCUT2D eigenvalue weighted by Crippen LogP contribution is -2.29. The van der Waals surface area contributed by atoms with E-state index < -0.39 is 7.25 Å². The lowest BCUT2D eigenvalue weighted by molar-refractivity contribution is 0.340. The van der Waals surface area contributed by atoms with Crippen molar-refractivity contribution in [3.05, 3.63) is 71.5 Å². The standard InChI is InChI=1S/C23H26NO2.BF4/c1-5-24(6-2)19-12-13-20-22(16-19)26-21(14-15-25-4)17(3)23(20)18-10-8-7-9-11-18;2-1(3,4)5/h7-16H,5-6H2,1-4H3;/q+1;-1. The average Bonchev–Trinajstić information content (AvgIpc) is 2.72. The van der Waals surface area contributed by atoms with Gasteiger partial charge in [-0.1, -0.05) is 30.3 Å². The lowest BCUT2D eigenvalue weighted by atomic mass is 9.92. The molecule has 166 valence electrons. The molecule has 0 aromatic heterocycles. The minimum Gasteiger partial charge on any atom is -0.504 e. The highest BCUT2D eigenvalue weighted by molar-refractivity contribution is 6.50. The first-order valence-electron chi connectivity index (χ1n) is 9.97. The van der Waals surface area contributed by atoms with E-state index in [1.54, 1.807) is 13.4 Å². The molecule has 0 saturated heterocycles. The molecule has 3 nitrogen and oxygen atoms in total. The van der Waals surface area contributed by atoms with Gasteiger partial charge in [-0.3, -0.25) is 0 Å². The fourth-order valence-electron chi connectivity index (χ4n) is 3.37. The van der Waals surface area contributed by atoms with E-state index in [-0.39, 0.29) is 0 Å². The SMILES string of the molecule is CC[N+](CC)=c1ccc2c(-c3ccccc3)c(C)c(C=COC)oc-2c1.F[B-](F)(F)F. The fourth-order valence-corrected chi connectivity index (χ4v) is 3.37. The van der Waals surface area contributed by atoms with E-state index in [0.717, 1.165) is 35.7 Å². The Bertz CT molecular complexity index is 1050. The van der Waals surface area contributed by atoms with E-state index in [2.05, 4.69) is 67.8 Å². The molecular weight excluding hydrogens is 409 g/mol. The largest absolute Gasteiger partial charge is 0.673 e. The minimum absolute atomic E-state index is 0.815. The Morgan fingerprint density at radius 3 is 2.16 bits per heavy atom. The summed E-state index contributed by atoms with van der Waals surface area (Å²) in [4.78, 5) is 0. The first kappa shape index (κ1) is 24.2. The summed E-state index contributed by atoms with van der Waals surface area (Å²) in [5, 5.41) is 1.18. The van der Waals surface area contributed by atoms with E-state index in [9.17, 15) is 17.3 Å². The second-order valence-electron chi connectivity index (χ2n) is 6.72. The van der Waals surface area contributed by atoms with Crippen molar-refractivity contribution in [3.8, 4) is 22.5 Å². The van der Waals surface area contributed by atoms with E-state index in [1.807, 2.05) is 12.1 Å². The van der Waals surface area contributed by atoms with Gasteiger partial charge in [-0.15, -0.1) is 0 Å². The summed E-state index contributed by atoms with van der Waals surface area (Å²) in [6, 6.07) is 17.0. The highest BCUT2D eigenvalue weighted by atomic mass is 19.5.